The smallest absolute Gasteiger partial charge is 0.391 e. The number of hydrogen-bond donors (Lipinski definition) is 0. The second-order valence-electron chi connectivity index (χ2n) is 4.53. The summed E-state index contributed by atoms with van der Waals surface area (Å²) in [5.41, 5.74) is 1.44. The Kier molecular flexibility index (Phi) is 4.99. The van der Waals surface area contributed by atoms with Gasteiger partial charge in [0.2, 0.25) is 0 Å². The molecule has 114 valence electrons. The molecule has 0 amide bonds. The third kappa shape index (κ3) is 4.22. The Balaban J connectivity index is 2.00. The normalized spacial score (nSPS) is 11.6. The molecule has 0 spiro atoms. The van der Waals surface area contributed by atoms with E-state index < -0.39 is 11.7 Å². The molecular formula is C17H14F3NO. The largest absolute Gasteiger partial charge is 0.416 e. The van der Waals surface area contributed by atoms with E-state index in [1.165, 1.54) is 18.3 Å². The first kappa shape index (κ1) is 15.8. The molecule has 0 heterocycles. The van der Waals surface area contributed by atoms with Crippen LogP contribution in [0.25, 0.3) is 6.08 Å². The van der Waals surface area contributed by atoms with Crippen LogP contribution in [0.2, 0.25) is 0 Å². The number of oxime groups is 1. The first-order valence-corrected chi connectivity index (χ1v) is 6.53. The molecular weight excluding hydrogens is 291 g/mol. The number of hydrogen-bond acceptors (Lipinski definition) is 2. The Morgan fingerprint density at radius 3 is 2.59 bits per heavy atom. The third-order valence-corrected chi connectivity index (χ3v) is 2.99. The van der Waals surface area contributed by atoms with Crippen molar-refractivity contribution in [1.29, 1.82) is 0 Å². The van der Waals surface area contributed by atoms with Crippen LogP contribution in [0.5, 0.6) is 0 Å². The molecule has 0 unspecified atom stereocenters. The van der Waals surface area contributed by atoms with Crippen LogP contribution in [0.15, 0.2) is 60.3 Å². The molecule has 5 heteroatoms. The lowest BCUT2D eigenvalue weighted by molar-refractivity contribution is -0.137. The Labute approximate surface area is 126 Å². The monoisotopic (exact) mass is 305 g/mol. The Morgan fingerprint density at radius 1 is 1.09 bits per heavy atom. The predicted octanol–water partition coefficient (Wildman–Crippen LogP) is 4.90. The van der Waals surface area contributed by atoms with E-state index in [-0.39, 0.29) is 6.61 Å². The molecule has 0 fully saturated rings. The van der Waals surface area contributed by atoms with E-state index in [1.54, 1.807) is 6.08 Å². The van der Waals surface area contributed by atoms with E-state index in [9.17, 15) is 13.2 Å². The minimum atomic E-state index is -4.37. The van der Waals surface area contributed by atoms with Gasteiger partial charge in [0.1, 0.15) is 6.61 Å². The molecule has 0 aliphatic heterocycles. The lowest BCUT2D eigenvalue weighted by atomic mass is 10.1. The van der Waals surface area contributed by atoms with Crippen molar-refractivity contribution in [2.24, 2.45) is 5.16 Å². The fraction of sp³-hybridized carbons (Fsp3) is 0.118. The van der Waals surface area contributed by atoms with Crippen LogP contribution in [0.1, 0.15) is 22.3 Å². The molecule has 2 aromatic carbocycles. The molecule has 2 rings (SSSR count). The van der Waals surface area contributed by atoms with Gasteiger partial charge in [-0.3, -0.25) is 0 Å². The summed E-state index contributed by atoms with van der Waals surface area (Å²) in [7, 11) is 0. The van der Waals surface area contributed by atoms with E-state index in [0.29, 0.717) is 5.56 Å². The number of rotatable bonds is 5. The van der Waals surface area contributed by atoms with E-state index >= 15 is 0 Å². The maximum Gasteiger partial charge on any atom is 0.416 e. The van der Waals surface area contributed by atoms with Crippen LogP contribution >= 0.6 is 0 Å². The highest BCUT2D eigenvalue weighted by Gasteiger charge is 2.30. The molecule has 2 aromatic rings. The minimum Gasteiger partial charge on any atom is -0.391 e. The van der Waals surface area contributed by atoms with Crippen molar-refractivity contribution in [3.63, 3.8) is 0 Å². The fourth-order valence-electron chi connectivity index (χ4n) is 1.87. The zero-order valence-corrected chi connectivity index (χ0v) is 11.7. The summed E-state index contributed by atoms with van der Waals surface area (Å²) in [6.45, 7) is 3.92. The van der Waals surface area contributed by atoms with Crippen LogP contribution in [0.4, 0.5) is 13.2 Å². The highest BCUT2D eigenvalue weighted by Crippen LogP contribution is 2.29. The van der Waals surface area contributed by atoms with Crippen molar-refractivity contribution in [2.45, 2.75) is 12.8 Å². The third-order valence-electron chi connectivity index (χ3n) is 2.99. The summed E-state index contributed by atoms with van der Waals surface area (Å²) >= 11 is 0. The molecule has 0 aliphatic rings. The molecule has 0 aliphatic carbocycles. The van der Waals surface area contributed by atoms with E-state index in [1.807, 2.05) is 24.3 Å². The molecule has 0 saturated carbocycles. The summed E-state index contributed by atoms with van der Waals surface area (Å²) in [6.07, 6.45) is -1.41. The SMILES string of the molecule is C=Cc1ccccc1CON=Cc1cccc(C(F)(F)F)c1. The first-order chi connectivity index (χ1) is 10.5. The summed E-state index contributed by atoms with van der Waals surface area (Å²) in [5, 5.41) is 3.71. The average molecular weight is 305 g/mol. The van der Waals surface area contributed by atoms with Gasteiger partial charge in [0.05, 0.1) is 11.8 Å². The van der Waals surface area contributed by atoms with Gasteiger partial charge in [0.15, 0.2) is 0 Å². The molecule has 0 radical (unpaired) electrons. The lowest BCUT2D eigenvalue weighted by Gasteiger charge is -2.06. The zero-order chi connectivity index (χ0) is 16.0. The molecule has 0 bridgehead atoms. The van der Waals surface area contributed by atoms with Crippen molar-refractivity contribution in [3.8, 4) is 0 Å². The topological polar surface area (TPSA) is 21.6 Å². The van der Waals surface area contributed by atoms with Gasteiger partial charge in [-0.25, -0.2) is 0 Å². The summed E-state index contributed by atoms with van der Waals surface area (Å²) in [5.74, 6) is 0. The van der Waals surface area contributed by atoms with Crippen LogP contribution < -0.4 is 0 Å². The van der Waals surface area contributed by atoms with Crippen molar-refractivity contribution >= 4 is 12.3 Å². The standard InChI is InChI=1S/C17H14F3NO/c1-2-14-7-3-4-8-15(14)12-22-21-11-13-6-5-9-16(10-13)17(18,19)20/h2-11H,1,12H2. The molecule has 0 aromatic heterocycles. The van der Waals surface area contributed by atoms with E-state index in [0.717, 1.165) is 23.3 Å². The lowest BCUT2D eigenvalue weighted by Crippen LogP contribution is -2.05. The van der Waals surface area contributed by atoms with Crippen molar-refractivity contribution in [3.05, 3.63) is 77.4 Å². The summed E-state index contributed by atoms with van der Waals surface area (Å²) in [4.78, 5) is 5.13. The van der Waals surface area contributed by atoms with Gasteiger partial charge < -0.3 is 4.84 Å². The number of nitrogens with zero attached hydrogens (tertiary/aromatic N) is 1. The predicted molar refractivity (Wildman–Crippen MR) is 80.4 cm³/mol. The van der Waals surface area contributed by atoms with Gasteiger partial charge in [-0.2, -0.15) is 13.2 Å². The van der Waals surface area contributed by atoms with Gasteiger partial charge in [-0.15, -0.1) is 0 Å². The van der Waals surface area contributed by atoms with Gasteiger partial charge >= 0.3 is 6.18 Å². The minimum absolute atomic E-state index is 0.220. The average Bonchev–Trinajstić information content (AvgIpc) is 2.51. The second kappa shape index (κ2) is 6.93. The molecule has 2 nitrogen and oxygen atoms in total. The highest BCUT2D eigenvalue weighted by molar-refractivity contribution is 5.79. The highest BCUT2D eigenvalue weighted by atomic mass is 19.4. The number of halogens is 3. The fourth-order valence-corrected chi connectivity index (χ4v) is 1.87. The summed E-state index contributed by atoms with van der Waals surface area (Å²) in [6, 6.07) is 12.4. The quantitative estimate of drug-likeness (QED) is 0.569. The van der Waals surface area contributed by atoms with Crippen molar-refractivity contribution < 1.29 is 18.0 Å². The second-order valence-corrected chi connectivity index (χ2v) is 4.53. The Bertz CT molecular complexity index is 678. The van der Waals surface area contributed by atoms with E-state index in [4.69, 9.17) is 4.84 Å². The first-order valence-electron chi connectivity index (χ1n) is 6.53. The molecule has 0 N–H and O–H groups in total. The van der Waals surface area contributed by atoms with E-state index in [2.05, 4.69) is 11.7 Å². The van der Waals surface area contributed by atoms with Crippen LogP contribution in [0, 0.1) is 0 Å². The van der Waals surface area contributed by atoms with Gasteiger partial charge in [-0.1, -0.05) is 54.2 Å². The maximum atomic E-state index is 12.6. The van der Waals surface area contributed by atoms with Gasteiger partial charge in [0, 0.05) is 0 Å². The zero-order valence-electron chi connectivity index (χ0n) is 11.7. The number of alkyl halides is 3. The van der Waals surface area contributed by atoms with Crippen LogP contribution in [-0.4, -0.2) is 6.21 Å². The number of benzene rings is 2. The van der Waals surface area contributed by atoms with Gasteiger partial charge in [0.25, 0.3) is 0 Å². The molecule has 0 saturated heterocycles. The van der Waals surface area contributed by atoms with Crippen molar-refractivity contribution in [2.75, 3.05) is 0 Å². The van der Waals surface area contributed by atoms with Crippen LogP contribution in [0.3, 0.4) is 0 Å². The van der Waals surface area contributed by atoms with Crippen molar-refractivity contribution in [1.82, 2.24) is 0 Å². The maximum absolute atomic E-state index is 12.6. The summed E-state index contributed by atoms with van der Waals surface area (Å²) < 4.78 is 37.7. The Hall–Kier alpha value is -2.56. The Morgan fingerprint density at radius 2 is 1.86 bits per heavy atom. The van der Waals surface area contributed by atoms with Crippen LogP contribution in [-0.2, 0) is 17.6 Å². The molecule has 0 atom stereocenters. The molecule has 22 heavy (non-hydrogen) atoms. The van der Waals surface area contributed by atoms with Gasteiger partial charge in [-0.05, 0) is 28.8 Å².